The topological polar surface area (TPSA) is 59.1 Å². The van der Waals surface area contributed by atoms with Crippen molar-refractivity contribution in [3.8, 4) is 5.75 Å². The molecule has 17 heavy (non-hydrogen) atoms. The van der Waals surface area contributed by atoms with E-state index in [1.807, 2.05) is 12.1 Å². The summed E-state index contributed by atoms with van der Waals surface area (Å²) in [5.41, 5.74) is 6.14. The highest BCUT2D eigenvalue weighted by Gasteiger charge is 2.07. The molecular formula is C13H19BrN2O. The fraction of sp³-hybridized carbons (Fsp3) is 0.462. The van der Waals surface area contributed by atoms with E-state index in [2.05, 4.69) is 29.8 Å². The summed E-state index contributed by atoms with van der Waals surface area (Å²) >= 11 is 3.39. The molecule has 3 N–H and O–H groups in total. The first-order valence-corrected chi connectivity index (χ1v) is 6.64. The minimum absolute atomic E-state index is 0.0587. The van der Waals surface area contributed by atoms with E-state index in [1.165, 1.54) is 0 Å². The molecule has 94 valence electrons. The van der Waals surface area contributed by atoms with Gasteiger partial charge in [-0.1, -0.05) is 26.7 Å². The van der Waals surface area contributed by atoms with Crippen molar-refractivity contribution in [3.05, 3.63) is 28.2 Å². The molecule has 1 aromatic carbocycles. The van der Waals surface area contributed by atoms with Gasteiger partial charge in [-0.15, -0.1) is 0 Å². The molecule has 0 aromatic heterocycles. The molecule has 4 heteroatoms. The van der Waals surface area contributed by atoms with Crippen LogP contribution in [-0.4, -0.2) is 12.4 Å². The Morgan fingerprint density at radius 1 is 1.41 bits per heavy atom. The first-order valence-electron chi connectivity index (χ1n) is 5.85. The molecule has 0 atom stereocenters. The number of nitrogens with two attached hydrogens (primary N) is 1. The molecule has 0 aliphatic rings. The third kappa shape index (κ3) is 4.04. The Hall–Kier alpha value is -1.03. The normalized spacial score (nSPS) is 10.6. The molecule has 0 aliphatic heterocycles. The van der Waals surface area contributed by atoms with Gasteiger partial charge in [0.15, 0.2) is 0 Å². The van der Waals surface area contributed by atoms with Crippen LogP contribution in [0.2, 0.25) is 0 Å². The zero-order valence-corrected chi connectivity index (χ0v) is 11.9. The van der Waals surface area contributed by atoms with Crippen LogP contribution >= 0.6 is 15.9 Å². The average Bonchev–Trinajstić information content (AvgIpc) is 2.30. The molecule has 1 rings (SSSR count). The maximum Gasteiger partial charge on any atom is 0.123 e. The second-order valence-corrected chi connectivity index (χ2v) is 4.90. The van der Waals surface area contributed by atoms with E-state index in [1.54, 1.807) is 6.07 Å². The van der Waals surface area contributed by atoms with Crippen LogP contribution < -0.4 is 10.5 Å². The zero-order valence-electron chi connectivity index (χ0n) is 10.3. The number of nitrogens with one attached hydrogen (secondary N) is 1. The Morgan fingerprint density at radius 3 is 2.53 bits per heavy atom. The maximum absolute atomic E-state index is 7.38. The van der Waals surface area contributed by atoms with Crippen LogP contribution in [0.4, 0.5) is 0 Å². The summed E-state index contributed by atoms with van der Waals surface area (Å²) in [7, 11) is 0. The van der Waals surface area contributed by atoms with Crippen molar-refractivity contribution >= 4 is 21.8 Å². The second-order valence-electron chi connectivity index (χ2n) is 4.05. The van der Waals surface area contributed by atoms with Crippen LogP contribution in [-0.2, 0) is 0 Å². The second kappa shape index (κ2) is 6.64. The van der Waals surface area contributed by atoms with Gasteiger partial charge in [0.05, 0.1) is 6.61 Å². The highest BCUT2D eigenvalue weighted by Crippen LogP contribution is 2.23. The Morgan fingerprint density at radius 2 is 2.06 bits per heavy atom. The lowest BCUT2D eigenvalue weighted by atomic mass is 10.1. The summed E-state index contributed by atoms with van der Waals surface area (Å²) in [6, 6.07) is 5.51. The van der Waals surface area contributed by atoms with Crippen molar-refractivity contribution in [1.29, 1.82) is 5.41 Å². The first-order chi connectivity index (χ1) is 8.08. The van der Waals surface area contributed by atoms with E-state index in [4.69, 9.17) is 15.9 Å². The van der Waals surface area contributed by atoms with Crippen molar-refractivity contribution in [1.82, 2.24) is 0 Å². The summed E-state index contributed by atoms with van der Waals surface area (Å²) in [4.78, 5) is 0. The lowest BCUT2D eigenvalue weighted by Crippen LogP contribution is -2.12. The van der Waals surface area contributed by atoms with Gasteiger partial charge in [0, 0.05) is 10.0 Å². The molecule has 1 aromatic rings. The zero-order chi connectivity index (χ0) is 12.8. The van der Waals surface area contributed by atoms with Gasteiger partial charge < -0.3 is 10.5 Å². The monoisotopic (exact) mass is 298 g/mol. The SMILES string of the molecule is CCC(CC)COc1ccc(C(=N)N)c(Br)c1. The molecule has 0 spiro atoms. The molecule has 0 unspecified atom stereocenters. The Balaban J connectivity index is 2.67. The Kier molecular flexibility index (Phi) is 5.48. The van der Waals surface area contributed by atoms with Gasteiger partial charge in [0.25, 0.3) is 0 Å². The molecule has 0 fully saturated rings. The van der Waals surface area contributed by atoms with E-state index in [9.17, 15) is 0 Å². The number of rotatable bonds is 6. The summed E-state index contributed by atoms with van der Waals surface area (Å²) in [5, 5.41) is 7.38. The van der Waals surface area contributed by atoms with Crippen molar-refractivity contribution in [2.75, 3.05) is 6.61 Å². The van der Waals surface area contributed by atoms with Gasteiger partial charge >= 0.3 is 0 Å². The van der Waals surface area contributed by atoms with E-state index >= 15 is 0 Å². The van der Waals surface area contributed by atoms with Crippen LogP contribution in [0, 0.1) is 11.3 Å². The van der Waals surface area contributed by atoms with Crippen molar-refractivity contribution in [3.63, 3.8) is 0 Å². The summed E-state index contributed by atoms with van der Waals surface area (Å²) in [5.74, 6) is 1.47. The molecule has 0 saturated carbocycles. The van der Waals surface area contributed by atoms with Crippen LogP contribution in [0.15, 0.2) is 22.7 Å². The van der Waals surface area contributed by atoms with Crippen LogP contribution in [0.5, 0.6) is 5.75 Å². The number of nitrogen functional groups attached to an aromatic ring is 1. The molecule has 3 nitrogen and oxygen atoms in total. The molecule has 0 amide bonds. The summed E-state index contributed by atoms with van der Waals surface area (Å²) in [6.45, 7) is 5.08. The van der Waals surface area contributed by atoms with Gasteiger partial charge in [-0.05, 0) is 40.0 Å². The minimum atomic E-state index is 0.0587. The molecule has 0 bridgehead atoms. The fourth-order valence-corrected chi connectivity index (χ4v) is 2.11. The minimum Gasteiger partial charge on any atom is -0.493 e. The lowest BCUT2D eigenvalue weighted by Gasteiger charge is -2.14. The van der Waals surface area contributed by atoms with Gasteiger partial charge in [-0.25, -0.2) is 0 Å². The lowest BCUT2D eigenvalue weighted by molar-refractivity contribution is 0.240. The van der Waals surface area contributed by atoms with Crippen LogP contribution in [0.3, 0.4) is 0 Å². The third-order valence-electron chi connectivity index (χ3n) is 2.87. The summed E-state index contributed by atoms with van der Waals surface area (Å²) in [6.07, 6.45) is 2.26. The smallest absolute Gasteiger partial charge is 0.123 e. The molecular weight excluding hydrogens is 280 g/mol. The Labute approximate surface area is 111 Å². The van der Waals surface area contributed by atoms with Gasteiger partial charge in [-0.2, -0.15) is 0 Å². The van der Waals surface area contributed by atoms with E-state index in [-0.39, 0.29) is 5.84 Å². The largest absolute Gasteiger partial charge is 0.493 e. The highest BCUT2D eigenvalue weighted by atomic mass is 79.9. The highest BCUT2D eigenvalue weighted by molar-refractivity contribution is 9.10. The number of hydrogen-bond donors (Lipinski definition) is 2. The predicted octanol–water partition coefficient (Wildman–Crippen LogP) is 3.55. The Bertz CT molecular complexity index is 389. The van der Waals surface area contributed by atoms with Crippen LogP contribution in [0.1, 0.15) is 32.3 Å². The average molecular weight is 299 g/mol. The number of benzene rings is 1. The van der Waals surface area contributed by atoms with Crippen molar-refractivity contribution in [2.24, 2.45) is 11.7 Å². The van der Waals surface area contributed by atoms with Crippen molar-refractivity contribution in [2.45, 2.75) is 26.7 Å². The fourth-order valence-electron chi connectivity index (χ4n) is 1.54. The number of halogens is 1. The number of amidine groups is 1. The van der Waals surface area contributed by atoms with E-state index in [0.717, 1.165) is 29.7 Å². The standard InChI is InChI=1S/C13H19BrN2O/c1-3-9(4-2)8-17-10-5-6-11(13(15)16)12(14)7-10/h5-7,9H,3-4,8H2,1-2H3,(H3,15,16). The van der Waals surface area contributed by atoms with E-state index in [0.29, 0.717) is 11.5 Å². The number of ether oxygens (including phenoxy) is 1. The maximum atomic E-state index is 7.38. The number of hydrogen-bond acceptors (Lipinski definition) is 2. The first kappa shape index (κ1) is 14.0. The quantitative estimate of drug-likeness (QED) is 0.623. The molecule has 0 heterocycles. The molecule has 0 radical (unpaired) electrons. The predicted molar refractivity (Wildman–Crippen MR) is 74.7 cm³/mol. The molecule has 0 saturated heterocycles. The van der Waals surface area contributed by atoms with Crippen molar-refractivity contribution < 1.29 is 4.74 Å². The molecule has 0 aliphatic carbocycles. The van der Waals surface area contributed by atoms with E-state index < -0.39 is 0 Å². The third-order valence-corrected chi connectivity index (χ3v) is 3.53. The van der Waals surface area contributed by atoms with Gasteiger partial charge in [-0.3, -0.25) is 5.41 Å². The van der Waals surface area contributed by atoms with Crippen LogP contribution in [0.25, 0.3) is 0 Å². The van der Waals surface area contributed by atoms with Gasteiger partial charge in [0.1, 0.15) is 11.6 Å². The summed E-state index contributed by atoms with van der Waals surface area (Å²) < 4.78 is 6.52. The van der Waals surface area contributed by atoms with Gasteiger partial charge in [0.2, 0.25) is 0 Å².